The number of nitro groups is 1. The number of carbonyl (C=O) groups excluding carboxylic acids is 1. The molecule has 1 saturated carbocycles. The Morgan fingerprint density at radius 2 is 2.24 bits per heavy atom. The van der Waals surface area contributed by atoms with Crippen molar-refractivity contribution >= 4 is 17.3 Å². The summed E-state index contributed by atoms with van der Waals surface area (Å²) in [7, 11) is 0. The number of nitrogens with zero attached hydrogens (tertiary/aromatic N) is 2. The fourth-order valence-corrected chi connectivity index (χ4v) is 2.56. The Labute approximate surface area is 121 Å². The van der Waals surface area contributed by atoms with Crippen molar-refractivity contribution in [1.29, 1.82) is 5.26 Å². The number of amides is 1. The van der Waals surface area contributed by atoms with Crippen molar-refractivity contribution in [3.8, 4) is 6.07 Å². The molecule has 110 valence electrons. The van der Waals surface area contributed by atoms with E-state index >= 15 is 0 Å². The van der Waals surface area contributed by atoms with Gasteiger partial charge in [-0.25, -0.2) is 0 Å². The summed E-state index contributed by atoms with van der Waals surface area (Å²) in [6.07, 6.45) is 3.12. The van der Waals surface area contributed by atoms with Crippen LogP contribution in [0.5, 0.6) is 0 Å². The standard InChI is InChI=1S/C14H16N4O3/c15-8-9-4-5-12(13(6-9)18(20)21)17-14(19)10-2-1-3-11(16)7-10/h4-6,10-11H,1-3,7,16H2,(H,17,19). The van der Waals surface area contributed by atoms with E-state index < -0.39 is 4.92 Å². The van der Waals surface area contributed by atoms with Gasteiger partial charge in [0.05, 0.1) is 16.6 Å². The maximum absolute atomic E-state index is 12.2. The lowest BCUT2D eigenvalue weighted by atomic mass is 9.85. The summed E-state index contributed by atoms with van der Waals surface area (Å²) in [6, 6.07) is 5.82. The number of nitro benzene ring substituents is 1. The molecule has 2 atom stereocenters. The summed E-state index contributed by atoms with van der Waals surface area (Å²) in [6.45, 7) is 0. The molecule has 0 saturated heterocycles. The van der Waals surface area contributed by atoms with E-state index in [-0.39, 0.29) is 34.8 Å². The van der Waals surface area contributed by atoms with E-state index in [1.165, 1.54) is 12.1 Å². The smallest absolute Gasteiger partial charge is 0.294 e. The van der Waals surface area contributed by atoms with E-state index in [1.54, 1.807) is 0 Å². The normalized spacial score (nSPS) is 21.3. The Balaban J connectivity index is 2.17. The van der Waals surface area contributed by atoms with E-state index in [0.29, 0.717) is 6.42 Å². The maximum atomic E-state index is 12.2. The van der Waals surface area contributed by atoms with Crippen molar-refractivity contribution < 1.29 is 9.72 Å². The van der Waals surface area contributed by atoms with Crippen LogP contribution < -0.4 is 11.1 Å². The van der Waals surface area contributed by atoms with Crippen LogP contribution in [0.25, 0.3) is 0 Å². The molecule has 1 aliphatic carbocycles. The molecule has 0 bridgehead atoms. The van der Waals surface area contributed by atoms with Crippen LogP contribution in [-0.4, -0.2) is 16.9 Å². The van der Waals surface area contributed by atoms with Crippen LogP contribution in [0.3, 0.4) is 0 Å². The van der Waals surface area contributed by atoms with Crippen LogP contribution in [0.2, 0.25) is 0 Å². The minimum atomic E-state index is -0.608. The molecular formula is C14H16N4O3. The molecule has 2 unspecified atom stereocenters. The van der Waals surface area contributed by atoms with Gasteiger partial charge in [-0.1, -0.05) is 6.42 Å². The van der Waals surface area contributed by atoms with Gasteiger partial charge in [0.1, 0.15) is 5.69 Å². The predicted molar refractivity (Wildman–Crippen MR) is 76.4 cm³/mol. The highest BCUT2D eigenvalue weighted by Crippen LogP contribution is 2.28. The summed E-state index contributed by atoms with van der Waals surface area (Å²) >= 11 is 0. The number of hydrogen-bond donors (Lipinski definition) is 2. The van der Waals surface area contributed by atoms with Crippen LogP contribution in [0, 0.1) is 27.4 Å². The Kier molecular flexibility index (Phi) is 4.50. The molecule has 3 N–H and O–H groups in total. The number of nitriles is 1. The summed E-state index contributed by atoms with van der Waals surface area (Å²) in [5, 5.41) is 22.4. The van der Waals surface area contributed by atoms with E-state index in [9.17, 15) is 14.9 Å². The third kappa shape index (κ3) is 3.55. The summed E-state index contributed by atoms with van der Waals surface area (Å²) in [4.78, 5) is 22.6. The molecule has 1 aromatic rings. The molecule has 7 nitrogen and oxygen atoms in total. The van der Waals surface area contributed by atoms with Gasteiger partial charge < -0.3 is 11.1 Å². The average molecular weight is 288 g/mol. The number of anilines is 1. The van der Waals surface area contributed by atoms with Crippen LogP contribution in [0.4, 0.5) is 11.4 Å². The topological polar surface area (TPSA) is 122 Å². The van der Waals surface area contributed by atoms with Gasteiger partial charge in [0.15, 0.2) is 0 Å². The minimum absolute atomic E-state index is 0.00505. The van der Waals surface area contributed by atoms with Crippen molar-refractivity contribution in [3.05, 3.63) is 33.9 Å². The Morgan fingerprint density at radius 3 is 2.86 bits per heavy atom. The first-order valence-electron chi connectivity index (χ1n) is 6.76. The van der Waals surface area contributed by atoms with Crippen molar-refractivity contribution in [2.45, 2.75) is 31.7 Å². The van der Waals surface area contributed by atoms with Gasteiger partial charge in [-0.15, -0.1) is 0 Å². The highest BCUT2D eigenvalue weighted by atomic mass is 16.6. The third-order valence-electron chi connectivity index (χ3n) is 3.67. The van der Waals surface area contributed by atoms with Gasteiger partial charge in [-0.3, -0.25) is 14.9 Å². The van der Waals surface area contributed by atoms with Gasteiger partial charge in [0, 0.05) is 18.0 Å². The fraction of sp³-hybridized carbons (Fsp3) is 0.429. The van der Waals surface area contributed by atoms with Gasteiger partial charge in [-0.2, -0.15) is 5.26 Å². The van der Waals surface area contributed by atoms with Crippen LogP contribution >= 0.6 is 0 Å². The molecule has 0 aliphatic heterocycles. The van der Waals surface area contributed by atoms with Gasteiger partial charge in [-0.05, 0) is 31.4 Å². The molecule has 0 spiro atoms. The van der Waals surface area contributed by atoms with Gasteiger partial charge in [0.2, 0.25) is 5.91 Å². The predicted octanol–water partition coefficient (Wildman–Crippen LogP) is 1.92. The third-order valence-corrected chi connectivity index (χ3v) is 3.67. The zero-order valence-electron chi connectivity index (χ0n) is 11.4. The molecule has 1 fully saturated rings. The lowest BCUT2D eigenvalue weighted by molar-refractivity contribution is -0.384. The first-order valence-corrected chi connectivity index (χ1v) is 6.76. The lowest BCUT2D eigenvalue weighted by Gasteiger charge is -2.25. The zero-order valence-corrected chi connectivity index (χ0v) is 11.4. The minimum Gasteiger partial charge on any atom is -0.328 e. The van der Waals surface area contributed by atoms with Crippen LogP contribution in [0.15, 0.2) is 18.2 Å². The summed E-state index contributed by atoms with van der Waals surface area (Å²) in [5.74, 6) is -0.470. The number of carbonyl (C=O) groups is 1. The van der Waals surface area contributed by atoms with Crippen molar-refractivity contribution in [3.63, 3.8) is 0 Å². The van der Waals surface area contributed by atoms with E-state index in [1.807, 2.05) is 6.07 Å². The van der Waals surface area contributed by atoms with E-state index in [4.69, 9.17) is 11.0 Å². The second kappa shape index (κ2) is 6.33. The Hall–Kier alpha value is -2.46. The van der Waals surface area contributed by atoms with E-state index in [0.717, 1.165) is 25.3 Å². The molecule has 1 aromatic carbocycles. The van der Waals surface area contributed by atoms with Crippen LogP contribution in [0.1, 0.15) is 31.2 Å². The highest BCUT2D eigenvalue weighted by molar-refractivity contribution is 5.94. The highest BCUT2D eigenvalue weighted by Gasteiger charge is 2.27. The largest absolute Gasteiger partial charge is 0.328 e. The Bertz CT molecular complexity index is 609. The lowest BCUT2D eigenvalue weighted by Crippen LogP contribution is -2.34. The number of benzene rings is 1. The average Bonchev–Trinajstić information content (AvgIpc) is 2.47. The molecule has 1 amide bonds. The van der Waals surface area contributed by atoms with Crippen molar-refractivity contribution in [2.75, 3.05) is 5.32 Å². The first-order chi connectivity index (χ1) is 10.0. The van der Waals surface area contributed by atoms with Crippen molar-refractivity contribution in [1.82, 2.24) is 0 Å². The number of rotatable bonds is 3. The van der Waals surface area contributed by atoms with Gasteiger partial charge in [0.25, 0.3) is 5.69 Å². The number of hydrogen-bond acceptors (Lipinski definition) is 5. The molecule has 0 heterocycles. The second-order valence-corrected chi connectivity index (χ2v) is 5.21. The first kappa shape index (κ1) is 14.9. The van der Waals surface area contributed by atoms with Gasteiger partial charge >= 0.3 is 0 Å². The summed E-state index contributed by atoms with van der Waals surface area (Å²) in [5.41, 5.74) is 5.87. The fourth-order valence-electron chi connectivity index (χ4n) is 2.56. The van der Waals surface area contributed by atoms with E-state index in [2.05, 4.69) is 5.32 Å². The molecule has 7 heteroatoms. The summed E-state index contributed by atoms with van der Waals surface area (Å²) < 4.78 is 0. The molecular weight excluding hydrogens is 272 g/mol. The van der Waals surface area contributed by atoms with Crippen LogP contribution in [-0.2, 0) is 4.79 Å². The molecule has 2 rings (SSSR count). The quantitative estimate of drug-likeness (QED) is 0.649. The Morgan fingerprint density at radius 1 is 1.48 bits per heavy atom. The molecule has 0 aromatic heterocycles. The zero-order chi connectivity index (χ0) is 15.4. The number of nitrogens with one attached hydrogen (secondary N) is 1. The monoisotopic (exact) mass is 288 g/mol. The molecule has 21 heavy (non-hydrogen) atoms. The SMILES string of the molecule is N#Cc1ccc(NC(=O)C2CCCC(N)C2)c([N+](=O)[O-])c1. The molecule has 1 aliphatic rings. The number of nitrogens with two attached hydrogens (primary N) is 1. The second-order valence-electron chi connectivity index (χ2n) is 5.21. The molecule has 0 radical (unpaired) electrons. The van der Waals surface area contributed by atoms with Crippen molar-refractivity contribution in [2.24, 2.45) is 11.7 Å². The maximum Gasteiger partial charge on any atom is 0.294 e.